The van der Waals surface area contributed by atoms with Gasteiger partial charge in [-0.1, -0.05) is 18.6 Å². The molecule has 0 aliphatic carbocycles. The molecule has 1 fully saturated rings. The maximum absolute atomic E-state index is 12.1. The van der Waals surface area contributed by atoms with Crippen molar-refractivity contribution in [1.29, 1.82) is 0 Å². The maximum Gasteiger partial charge on any atom is 0.244 e. The van der Waals surface area contributed by atoms with Crippen LogP contribution in [0.3, 0.4) is 0 Å². The molecule has 1 N–H and O–H groups in total. The fourth-order valence-electron chi connectivity index (χ4n) is 3.02. The quantitative estimate of drug-likeness (QED) is 0.820. The summed E-state index contributed by atoms with van der Waals surface area (Å²) in [4.78, 5) is 14.6. The van der Waals surface area contributed by atoms with E-state index in [4.69, 9.17) is 4.74 Å². The molecular formula is C19H28N2O2. The Kier molecular flexibility index (Phi) is 6.66. The molecule has 1 saturated heterocycles. The fourth-order valence-corrected chi connectivity index (χ4v) is 3.02. The van der Waals surface area contributed by atoms with Crippen molar-refractivity contribution in [2.45, 2.75) is 39.2 Å². The minimum atomic E-state index is -0.0255. The van der Waals surface area contributed by atoms with E-state index in [9.17, 15) is 4.79 Å². The van der Waals surface area contributed by atoms with Crippen molar-refractivity contribution >= 4 is 12.0 Å². The number of ether oxygens (including phenoxy) is 1. The van der Waals surface area contributed by atoms with E-state index >= 15 is 0 Å². The smallest absolute Gasteiger partial charge is 0.244 e. The Morgan fingerprint density at radius 1 is 1.39 bits per heavy atom. The molecule has 1 aliphatic heterocycles. The highest BCUT2D eigenvalue weighted by atomic mass is 16.5. The zero-order valence-corrected chi connectivity index (χ0v) is 14.5. The van der Waals surface area contributed by atoms with Crippen molar-refractivity contribution in [2.75, 3.05) is 26.7 Å². The summed E-state index contributed by atoms with van der Waals surface area (Å²) in [6.45, 7) is 7.55. The zero-order chi connectivity index (χ0) is 16.7. The van der Waals surface area contributed by atoms with E-state index in [1.165, 1.54) is 6.42 Å². The van der Waals surface area contributed by atoms with Crippen LogP contribution in [0.2, 0.25) is 0 Å². The van der Waals surface area contributed by atoms with Crippen LogP contribution in [-0.2, 0) is 4.79 Å². The molecule has 0 radical (unpaired) electrons. The van der Waals surface area contributed by atoms with E-state index in [-0.39, 0.29) is 5.91 Å². The lowest BCUT2D eigenvalue weighted by molar-refractivity contribution is -0.117. The van der Waals surface area contributed by atoms with Crippen LogP contribution in [-0.4, -0.2) is 43.6 Å². The number of hydrogen-bond donors (Lipinski definition) is 1. The Bertz CT molecular complexity index is 546. The summed E-state index contributed by atoms with van der Waals surface area (Å²) in [5.41, 5.74) is 2.08. The van der Waals surface area contributed by atoms with Gasteiger partial charge in [-0.3, -0.25) is 4.79 Å². The third kappa shape index (κ3) is 5.39. The highest BCUT2D eigenvalue weighted by Gasteiger charge is 2.19. The first-order chi connectivity index (χ1) is 11.1. The summed E-state index contributed by atoms with van der Waals surface area (Å²) in [6.07, 6.45) is 6.70. The number of amides is 1. The highest BCUT2D eigenvalue weighted by molar-refractivity contribution is 5.92. The number of likely N-dealkylation sites (tertiary alicyclic amines) is 1. The van der Waals surface area contributed by atoms with Crippen LogP contribution < -0.4 is 10.1 Å². The van der Waals surface area contributed by atoms with E-state index in [2.05, 4.69) is 17.1 Å². The molecule has 0 spiro atoms. The van der Waals surface area contributed by atoms with Gasteiger partial charge in [0.05, 0.1) is 7.11 Å². The van der Waals surface area contributed by atoms with Gasteiger partial charge in [-0.2, -0.15) is 0 Å². The molecule has 126 valence electrons. The molecule has 4 nitrogen and oxygen atoms in total. The standard InChI is InChI=1S/C19H28N2O2/c1-4-11-21-12-9-17(10-13-21)20-19(22)8-6-16-14-15(2)5-7-18(16)23-3/h5-8,14,17H,4,9-13H2,1-3H3,(H,20,22)/b8-6+. The molecular weight excluding hydrogens is 288 g/mol. The van der Waals surface area contributed by atoms with E-state index < -0.39 is 0 Å². The van der Waals surface area contributed by atoms with Gasteiger partial charge in [0.25, 0.3) is 0 Å². The summed E-state index contributed by atoms with van der Waals surface area (Å²) >= 11 is 0. The van der Waals surface area contributed by atoms with Crippen molar-refractivity contribution in [1.82, 2.24) is 10.2 Å². The molecule has 2 rings (SSSR count). The number of rotatable bonds is 6. The third-order valence-corrected chi connectivity index (χ3v) is 4.27. The Morgan fingerprint density at radius 2 is 2.13 bits per heavy atom. The number of nitrogens with zero attached hydrogens (tertiary/aromatic N) is 1. The Morgan fingerprint density at radius 3 is 2.78 bits per heavy atom. The maximum atomic E-state index is 12.1. The van der Waals surface area contributed by atoms with Crippen molar-refractivity contribution in [3.8, 4) is 5.75 Å². The molecule has 23 heavy (non-hydrogen) atoms. The van der Waals surface area contributed by atoms with Crippen molar-refractivity contribution < 1.29 is 9.53 Å². The molecule has 1 amide bonds. The Labute approximate surface area is 139 Å². The van der Waals surface area contributed by atoms with E-state index in [1.807, 2.05) is 31.2 Å². The van der Waals surface area contributed by atoms with E-state index in [0.717, 1.165) is 49.4 Å². The van der Waals surface area contributed by atoms with Gasteiger partial charge in [0, 0.05) is 30.8 Å². The second kappa shape index (κ2) is 8.73. The van der Waals surface area contributed by atoms with Crippen LogP contribution >= 0.6 is 0 Å². The monoisotopic (exact) mass is 316 g/mol. The SMILES string of the molecule is CCCN1CCC(NC(=O)/C=C/c2cc(C)ccc2OC)CC1. The van der Waals surface area contributed by atoms with Gasteiger partial charge in [-0.25, -0.2) is 0 Å². The van der Waals surface area contributed by atoms with Gasteiger partial charge in [-0.05, 0) is 50.9 Å². The Balaban J connectivity index is 1.87. The van der Waals surface area contributed by atoms with Crippen molar-refractivity contribution in [3.63, 3.8) is 0 Å². The van der Waals surface area contributed by atoms with Crippen LogP contribution in [0.1, 0.15) is 37.3 Å². The lowest BCUT2D eigenvalue weighted by Crippen LogP contribution is -2.44. The number of hydrogen-bond acceptors (Lipinski definition) is 3. The van der Waals surface area contributed by atoms with Crippen molar-refractivity contribution in [2.24, 2.45) is 0 Å². The van der Waals surface area contributed by atoms with Crippen LogP contribution in [0.15, 0.2) is 24.3 Å². The predicted molar refractivity (Wildman–Crippen MR) is 94.7 cm³/mol. The Hall–Kier alpha value is -1.81. The molecule has 0 atom stereocenters. The molecule has 1 aliphatic rings. The van der Waals surface area contributed by atoms with Gasteiger partial charge in [0.2, 0.25) is 5.91 Å². The number of methoxy groups -OCH3 is 1. The van der Waals surface area contributed by atoms with Crippen LogP contribution in [0, 0.1) is 6.92 Å². The fraction of sp³-hybridized carbons (Fsp3) is 0.526. The first-order valence-electron chi connectivity index (χ1n) is 8.48. The molecule has 0 saturated carbocycles. The zero-order valence-electron chi connectivity index (χ0n) is 14.5. The number of piperidine rings is 1. The minimum Gasteiger partial charge on any atom is -0.496 e. The number of carbonyl (C=O) groups is 1. The summed E-state index contributed by atoms with van der Waals surface area (Å²) in [6, 6.07) is 6.24. The van der Waals surface area contributed by atoms with Gasteiger partial charge in [0.15, 0.2) is 0 Å². The van der Waals surface area contributed by atoms with Gasteiger partial charge < -0.3 is 15.0 Å². The molecule has 1 aromatic rings. The van der Waals surface area contributed by atoms with Crippen molar-refractivity contribution in [3.05, 3.63) is 35.4 Å². The summed E-state index contributed by atoms with van der Waals surface area (Å²) in [7, 11) is 1.64. The normalized spacial score (nSPS) is 16.7. The minimum absolute atomic E-state index is 0.0255. The van der Waals surface area contributed by atoms with Gasteiger partial charge in [-0.15, -0.1) is 0 Å². The average molecular weight is 316 g/mol. The molecule has 0 aromatic heterocycles. The summed E-state index contributed by atoms with van der Waals surface area (Å²) < 4.78 is 5.33. The van der Waals surface area contributed by atoms with Crippen LogP contribution in [0.5, 0.6) is 5.75 Å². The largest absolute Gasteiger partial charge is 0.496 e. The topological polar surface area (TPSA) is 41.6 Å². The van der Waals surface area contributed by atoms with Crippen LogP contribution in [0.4, 0.5) is 0 Å². The summed E-state index contributed by atoms with van der Waals surface area (Å²) in [5.74, 6) is 0.759. The van der Waals surface area contributed by atoms with Crippen LogP contribution in [0.25, 0.3) is 6.08 Å². The molecule has 1 aromatic carbocycles. The molecule has 1 heterocycles. The average Bonchev–Trinajstić information content (AvgIpc) is 2.55. The second-order valence-corrected chi connectivity index (χ2v) is 6.20. The second-order valence-electron chi connectivity index (χ2n) is 6.20. The van der Waals surface area contributed by atoms with Gasteiger partial charge in [0.1, 0.15) is 5.75 Å². The predicted octanol–water partition coefficient (Wildman–Crippen LogP) is 3.01. The first-order valence-corrected chi connectivity index (χ1v) is 8.48. The molecule has 0 unspecified atom stereocenters. The first kappa shape index (κ1) is 17.5. The number of carbonyl (C=O) groups excluding carboxylic acids is 1. The molecule has 4 heteroatoms. The number of nitrogens with one attached hydrogen (secondary N) is 1. The highest BCUT2D eigenvalue weighted by Crippen LogP contribution is 2.21. The number of benzene rings is 1. The van der Waals surface area contributed by atoms with Gasteiger partial charge >= 0.3 is 0 Å². The van der Waals surface area contributed by atoms with E-state index in [1.54, 1.807) is 13.2 Å². The van der Waals surface area contributed by atoms with E-state index in [0.29, 0.717) is 6.04 Å². The lowest BCUT2D eigenvalue weighted by Gasteiger charge is -2.31. The third-order valence-electron chi connectivity index (χ3n) is 4.27. The summed E-state index contributed by atoms with van der Waals surface area (Å²) in [5, 5.41) is 3.11. The lowest BCUT2D eigenvalue weighted by atomic mass is 10.0. The number of aryl methyl sites for hydroxylation is 1. The molecule has 0 bridgehead atoms.